The average molecular weight is 427 g/mol. The lowest BCUT2D eigenvalue weighted by Gasteiger charge is -2.21. The standard InChI is InChI=1S/C22H23BrN2O2/c1-4-25(5-2)17-12-10-16(11-13-17)24-22(26)19-14-15-8-6-7-9-18(15)20(23)21(19)27-3/h6-14H,4-5H2,1-3H3,(H,24,26). The molecule has 0 aliphatic rings. The van der Waals surface area contributed by atoms with Gasteiger partial charge in [-0.3, -0.25) is 4.79 Å². The third-order valence-electron chi connectivity index (χ3n) is 4.64. The van der Waals surface area contributed by atoms with E-state index in [2.05, 4.69) is 40.0 Å². The molecule has 0 atom stereocenters. The summed E-state index contributed by atoms with van der Waals surface area (Å²) in [6, 6.07) is 17.6. The topological polar surface area (TPSA) is 41.6 Å². The van der Waals surface area contributed by atoms with Gasteiger partial charge in [-0.1, -0.05) is 24.3 Å². The number of anilines is 2. The smallest absolute Gasteiger partial charge is 0.259 e. The molecule has 4 nitrogen and oxygen atoms in total. The van der Waals surface area contributed by atoms with Gasteiger partial charge in [0.05, 0.1) is 17.1 Å². The first kappa shape index (κ1) is 19.2. The lowest BCUT2D eigenvalue weighted by Crippen LogP contribution is -2.21. The molecular weight excluding hydrogens is 404 g/mol. The molecule has 1 amide bonds. The Morgan fingerprint density at radius 1 is 1.07 bits per heavy atom. The van der Waals surface area contributed by atoms with Crippen molar-refractivity contribution in [3.05, 3.63) is 64.6 Å². The highest BCUT2D eigenvalue weighted by molar-refractivity contribution is 9.10. The number of fused-ring (bicyclic) bond motifs is 1. The van der Waals surface area contributed by atoms with Gasteiger partial charge < -0.3 is 15.0 Å². The van der Waals surface area contributed by atoms with Crippen molar-refractivity contribution in [1.82, 2.24) is 0 Å². The van der Waals surface area contributed by atoms with E-state index in [1.165, 1.54) is 0 Å². The number of carbonyl (C=O) groups excluding carboxylic acids is 1. The van der Waals surface area contributed by atoms with Gasteiger partial charge >= 0.3 is 0 Å². The molecule has 0 bridgehead atoms. The molecule has 3 aromatic rings. The van der Waals surface area contributed by atoms with Gasteiger partial charge in [0, 0.05) is 24.5 Å². The maximum absolute atomic E-state index is 12.9. The third-order valence-corrected chi connectivity index (χ3v) is 5.43. The van der Waals surface area contributed by atoms with Crippen molar-refractivity contribution in [2.45, 2.75) is 13.8 Å². The quantitative estimate of drug-likeness (QED) is 0.548. The molecule has 140 valence electrons. The monoisotopic (exact) mass is 426 g/mol. The van der Waals surface area contributed by atoms with Gasteiger partial charge in [0.1, 0.15) is 5.75 Å². The highest BCUT2D eigenvalue weighted by Crippen LogP contribution is 2.37. The first-order valence-corrected chi connectivity index (χ1v) is 9.79. The van der Waals surface area contributed by atoms with Crippen LogP contribution in [0.2, 0.25) is 0 Å². The van der Waals surface area contributed by atoms with Crippen LogP contribution in [-0.4, -0.2) is 26.1 Å². The summed E-state index contributed by atoms with van der Waals surface area (Å²) in [5, 5.41) is 4.96. The maximum atomic E-state index is 12.9. The fourth-order valence-electron chi connectivity index (χ4n) is 3.20. The van der Waals surface area contributed by atoms with Gasteiger partial charge in [0.25, 0.3) is 5.91 Å². The van der Waals surface area contributed by atoms with E-state index in [1.807, 2.05) is 54.6 Å². The minimum absolute atomic E-state index is 0.200. The van der Waals surface area contributed by atoms with Crippen molar-refractivity contribution in [3.63, 3.8) is 0 Å². The normalized spacial score (nSPS) is 10.7. The van der Waals surface area contributed by atoms with Crippen LogP contribution in [-0.2, 0) is 0 Å². The maximum Gasteiger partial charge on any atom is 0.259 e. The van der Waals surface area contributed by atoms with Crippen LogP contribution in [0.5, 0.6) is 5.75 Å². The first-order valence-electron chi connectivity index (χ1n) is 9.00. The molecule has 0 aliphatic carbocycles. The van der Waals surface area contributed by atoms with E-state index in [4.69, 9.17) is 4.74 Å². The Bertz CT molecular complexity index is 950. The van der Waals surface area contributed by atoms with Crippen LogP contribution >= 0.6 is 15.9 Å². The van der Waals surface area contributed by atoms with Crippen molar-refractivity contribution in [1.29, 1.82) is 0 Å². The zero-order chi connectivity index (χ0) is 19.4. The molecule has 5 heteroatoms. The second-order valence-electron chi connectivity index (χ2n) is 6.17. The Hall–Kier alpha value is -2.53. The van der Waals surface area contributed by atoms with Gasteiger partial charge in [-0.15, -0.1) is 0 Å². The molecule has 0 aromatic heterocycles. The van der Waals surface area contributed by atoms with Crippen LogP contribution in [0, 0.1) is 0 Å². The molecule has 0 spiro atoms. The molecule has 3 rings (SSSR count). The molecule has 0 radical (unpaired) electrons. The molecule has 0 fully saturated rings. The summed E-state index contributed by atoms with van der Waals surface area (Å²) in [6.45, 7) is 6.15. The van der Waals surface area contributed by atoms with Crippen molar-refractivity contribution < 1.29 is 9.53 Å². The van der Waals surface area contributed by atoms with Gasteiger partial charge in [-0.25, -0.2) is 0 Å². The number of carbonyl (C=O) groups is 1. The van der Waals surface area contributed by atoms with E-state index in [-0.39, 0.29) is 5.91 Å². The number of methoxy groups -OCH3 is 1. The molecule has 27 heavy (non-hydrogen) atoms. The number of rotatable bonds is 6. The Kier molecular flexibility index (Phi) is 6.01. The lowest BCUT2D eigenvalue weighted by molar-refractivity contribution is 0.102. The van der Waals surface area contributed by atoms with Gasteiger partial charge in [-0.05, 0) is 70.9 Å². The Balaban J connectivity index is 1.90. The average Bonchev–Trinajstić information content (AvgIpc) is 2.70. The van der Waals surface area contributed by atoms with Crippen LogP contribution in [0.1, 0.15) is 24.2 Å². The molecule has 0 aliphatic heterocycles. The molecular formula is C22H23BrN2O2. The van der Waals surface area contributed by atoms with Gasteiger partial charge in [0.2, 0.25) is 0 Å². The fraction of sp³-hybridized carbons (Fsp3) is 0.227. The van der Waals surface area contributed by atoms with Crippen LogP contribution in [0.15, 0.2) is 59.1 Å². The minimum atomic E-state index is -0.200. The largest absolute Gasteiger partial charge is 0.495 e. The number of nitrogens with zero attached hydrogens (tertiary/aromatic N) is 1. The number of hydrogen-bond acceptors (Lipinski definition) is 3. The summed E-state index contributed by atoms with van der Waals surface area (Å²) in [5.41, 5.74) is 2.39. The highest BCUT2D eigenvalue weighted by atomic mass is 79.9. The molecule has 0 saturated carbocycles. The number of hydrogen-bond donors (Lipinski definition) is 1. The van der Waals surface area contributed by atoms with Crippen LogP contribution in [0.4, 0.5) is 11.4 Å². The van der Waals surface area contributed by atoms with Crippen LogP contribution in [0.3, 0.4) is 0 Å². The Labute approximate surface area is 168 Å². The summed E-state index contributed by atoms with van der Waals surface area (Å²) in [7, 11) is 1.57. The predicted molar refractivity (Wildman–Crippen MR) is 116 cm³/mol. The molecule has 0 unspecified atom stereocenters. The number of amides is 1. The van der Waals surface area contributed by atoms with E-state index >= 15 is 0 Å². The summed E-state index contributed by atoms with van der Waals surface area (Å²) in [5.74, 6) is 0.333. The van der Waals surface area contributed by atoms with E-state index in [9.17, 15) is 4.79 Å². The zero-order valence-electron chi connectivity index (χ0n) is 15.8. The summed E-state index contributed by atoms with van der Waals surface area (Å²) in [4.78, 5) is 15.2. The zero-order valence-corrected chi connectivity index (χ0v) is 17.3. The molecule has 3 aromatic carbocycles. The van der Waals surface area contributed by atoms with E-state index in [0.717, 1.165) is 39.7 Å². The van der Waals surface area contributed by atoms with Crippen molar-refractivity contribution in [3.8, 4) is 5.75 Å². The number of nitrogens with one attached hydrogen (secondary N) is 1. The SMILES string of the molecule is CCN(CC)c1ccc(NC(=O)c2cc3ccccc3c(Br)c2OC)cc1. The van der Waals surface area contributed by atoms with Gasteiger partial charge in [0.15, 0.2) is 0 Å². The minimum Gasteiger partial charge on any atom is -0.495 e. The summed E-state index contributed by atoms with van der Waals surface area (Å²) >= 11 is 3.58. The predicted octanol–water partition coefficient (Wildman–Crippen LogP) is 5.71. The van der Waals surface area contributed by atoms with Crippen molar-refractivity contribution in [2.75, 3.05) is 30.4 Å². The highest BCUT2D eigenvalue weighted by Gasteiger charge is 2.18. The number of halogens is 1. The molecule has 1 N–H and O–H groups in total. The second-order valence-corrected chi connectivity index (χ2v) is 6.96. The summed E-state index contributed by atoms with van der Waals surface area (Å²) in [6.07, 6.45) is 0. The fourth-order valence-corrected chi connectivity index (χ4v) is 3.93. The number of benzene rings is 3. The Morgan fingerprint density at radius 3 is 2.37 bits per heavy atom. The van der Waals surface area contributed by atoms with Crippen molar-refractivity contribution in [2.24, 2.45) is 0 Å². The second kappa shape index (κ2) is 8.44. The Morgan fingerprint density at radius 2 is 1.74 bits per heavy atom. The molecule has 0 saturated heterocycles. The first-order chi connectivity index (χ1) is 13.1. The lowest BCUT2D eigenvalue weighted by atomic mass is 10.1. The number of ether oxygens (including phenoxy) is 1. The van der Waals surface area contributed by atoms with Crippen molar-refractivity contribution >= 4 is 44.0 Å². The summed E-state index contributed by atoms with van der Waals surface area (Å²) < 4.78 is 6.29. The van der Waals surface area contributed by atoms with E-state index in [0.29, 0.717) is 11.3 Å². The van der Waals surface area contributed by atoms with Crippen LogP contribution in [0.25, 0.3) is 10.8 Å². The van der Waals surface area contributed by atoms with Gasteiger partial charge in [-0.2, -0.15) is 0 Å². The third kappa shape index (κ3) is 3.93. The van der Waals surface area contributed by atoms with E-state index in [1.54, 1.807) is 7.11 Å². The van der Waals surface area contributed by atoms with E-state index < -0.39 is 0 Å². The molecule has 0 heterocycles. The van der Waals surface area contributed by atoms with Crippen LogP contribution < -0.4 is 15.0 Å².